The smallest absolute Gasteiger partial charge is 0.0309 e. The van der Waals surface area contributed by atoms with Crippen LogP contribution in [0.3, 0.4) is 0 Å². The van der Waals surface area contributed by atoms with Crippen LogP contribution in [0.15, 0.2) is 0 Å². The molecule has 0 aromatic heterocycles. The molecule has 18 heavy (non-hydrogen) atoms. The van der Waals surface area contributed by atoms with E-state index in [1.165, 1.54) is 51.4 Å². The maximum absolute atomic E-state index is 6.83. The topological polar surface area (TPSA) is 38.0 Å². The lowest BCUT2D eigenvalue weighted by Crippen LogP contribution is -2.64. The molecule has 0 radical (unpaired) electrons. The molecule has 1 atom stereocenters. The summed E-state index contributed by atoms with van der Waals surface area (Å²) in [4.78, 5) is 0. The summed E-state index contributed by atoms with van der Waals surface area (Å²) in [5.74, 6) is 3.04. The largest absolute Gasteiger partial charge is 0.324 e. The molecule has 0 aromatic carbocycles. The molecule has 2 heteroatoms. The van der Waals surface area contributed by atoms with Crippen molar-refractivity contribution < 1.29 is 0 Å². The van der Waals surface area contributed by atoms with Gasteiger partial charge in [0.15, 0.2) is 0 Å². The van der Waals surface area contributed by atoms with Crippen LogP contribution in [0.4, 0.5) is 0 Å². The van der Waals surface area contributed by atoms with Crippen molar-refractivity contribution in [2.75, 3.05) is 6.54 Å². The highest BCUT2D eigenvalue weighted by Gasteiger charge is 2.57. The van der Waals surface area contributed by atoms with Gasteiger partial charge in [-0.3, -0.25) is 0 Å². The Morgan fingerprint density at radius 1 is 1.06 bits per heavy atom. The van der Waals surface area contributed by atoms with E-state index in [0.29, 0.717) is 5.41 Å². The highest BCUT2D eigenvalue weighted by molar-refractivity contribution is 5.11. The van der Waals surface area contributed by atoms with E-state index >= 15 is 0 Å². The van der Waals surface area contributed by atoms with Gasteiger partial charge in [0.1, 0.15) is 0 Å². The lowest BCUT2D eigenvalue weighted by Gasteiger charge is -2.62. The van der Waals surface area contributed by atoms with Crippen molar-refractivity contribution in [2.45, 2.75) is 69.9 Å². The van der Waals surface area contributed by atoms with E-state index < -0.39 is 0 Å². The van der Waals surface area contributed by atoms with E-state index in [1.54, 1.807) is 0 Å². The second-order valence-corrected chi connectivity index (χ2v) is 8.27. The van der Waals surface area contributed by atoms with Crippen LogP contribution in [0.5, 0.6) is 0 Å². The predicted octanol–water partition coefficient (Wildman–Crippen LogP) is 2.67. The van der Waals surface area contributed by atoms with Crippen LogP contribution in [0.2, 0.25) is 0 Å². The van der Waals surface area contributed by atoms with Gasteiger partial charge >= 0.3 is 0 Å². The van der Waals surface area contributed by atoms with Gasteiger partial charge < -0.3 is 11.1 Å². The molecule has 5 saturated carbocycles. The van der Waals surface area contributed by atoms with Gasteiger partial charge in [-0.15, -0.1) is 0 Å². The lowest BCUT2D eigenvalue weighted by molar-refractivity contribution is -0.0924. The molecule has 5 aliphatic carbocycles. The normalized spacial score (nSPS) is 49.3. The lowest BCUT2D eigenvalue weighted by atomic mass is 9.45. The Hall–Kier alpha value is -0.0800. The van der Waals surface area contributed by atoms with E-state index in [0.717, 1.165) is 30.3 Å². The summed E-state index contributed by atoms with van der Waals surface area (Å²) < 4.78 is 0. The van der Waals surface area contributed by atoms with E-state index in [9.17, 15) is 0 Å². The van der Waals surface area contributed by atoms with Crippen LogP contribution in [-0.2, 0) is 0 Å². The SMILES string of the molecule is CC(N)(CNC1CC1)C12CC3CC(CC(C3)C1)C2. The summed E-state index contributed by atoms with van der Waals surface area (Å²) in [6.45, 7) is 3.39. The summed E-state index contributed by atoms with van der Waals surface area (Å²) in [5, 5.41) is 3.70. The second-order valence-electron chi connectivity index (χ2n) is 8.27. The number of rotatable bonds is 4. The maximum Gasteiger partial charge on any atom is 0.0309 e. The number of hydrogen-bond donors (Lipinski definition) is 2. The van der Waals surface area contributed by atoms with Gasteiger partial charge in [-0.2, -0.15) is 0 Å². The standard InChI is InChI=1S/C16H28N2/c1-15(17,10-18-14-2-3-14)16-7-11-4-12(8-16)6-13(5-11)9-16/h11-14,18H,2-10,17H2,1H3. The predicted molar refractivity (Wildman–Crippen MR) is 74.2 cm³/mol. The summed E-state index contributed by atoms with van der Waals surface area (Å²) in [5.41, 5.74) is 7.32. The zero-order valence-electron chi connectivity index (χ0n) is 11.8. The van der Waals surface area contributed by atoms with Gasteiger partial charge in [-0.05, 0) is 81.5 Å². The average Bonchev–Trinajstić information content (AvgIpc) is 3.08. The molecule has 4 bridgehead atoms. The van der Waals surface area contributed by atoms with Crippen molar-refractivity contribution in [3.63, 3.8) is 0 Å². The summed E-state index contributed by atoms with van der Waals surface area (Å²) in [6.07, 6.45) is 11.6. The molecule has 0 amide bonds. The van der Waals surface area contributed by atoms with E-state index in [2.05, 4.69) is 12.2 Å². The molecule has 0 spiro atoms. The Bertz CT molecular complexity index is 308. The van der Waals surface area contributed by atoms with E-state index in [1.807, 2.05) is 0 Å². The maximum atomic E-state index is 6.83. The Morgan fingerprint density at radius 3 is 2.00 bits per heavy atom. The Morgan fingerprint density at radius 2 is 1.56 bits per heavy atom. The first-order chi connectivity index (χ1) is 8.56. The van der Waals surface area contributed by atoms with Crippen molar-refractivity contribution in [1.29, 1.82) is 0 Å². The van der Waals surface area contributed by atoms with Crippen molar-refractivity contribution in [1.82, 2.24) is 5.32 Å². The zero-order chi connectivity index (χ0) is 12.4. The first-order valence-corrected chi connectivity index (χ1v) is 8.09. The van der Waals surface area contributed by atoms with Crippen LogP contribution < -0.4 is 11.1 Å². The number of nitrogens with one attached hydrogen (secondary N) is 1. The van der Waals surface area contributed by atoms with Crippen LogP contribution in [-0.4, -0.2) is 18.1 Å². The van der Waals surface area contributed by atoms with Crippen LogP contribution in [0, 0.1) is 23.2 Å². The molecule has 5 aliphatic rings. The Balaban J connectivity index is 1.54. The minimum atomic E-state index is 0.0194. The molecule has 5 rings (SSSR count). The molecule has 0 aromatic rings. The van der Waals surface area contributed by atoms with Gasteiger partial charge in [0.25, 0.3) is 0 Å². The van der Waals surface area contributed by atoms with Crippen molar-refractivity contribution in [2.24, 2.45) is 28.9 Å². The molecule has 5 fully saturated rings. The molecule has 2 nitrogen and oxygen atoms in total. The molecule has 102 valence electrons. The molecule has 0 aliphatic heterocycles. The third-order valence-corrected chi connectivity index (χ3v) is 6.59. The minimum absolute atomic E-state index is 0.0194. The Kier molecular flexibility index (Phi) is 2.43. The molecule has 0 saturated heterocycles. The minimum Gasteiger partial charge on any atom is -0.324 e. The highest BCUT2D eigenvalue weighted by atomic mass is 15.0. The molecule has 1 unspecified atom stereocenters. The number of hydrogen-bond acceptors (Lipinski definition) is 2. The highest BCUT2D eigenvalue weighted by Crippen LogP contribution is 2.63. The quantitative estimate of drug-likeness (QED) is 0.803. The van der Waals surface area contributed by atoms with Gasteiger partial charge in [0, 0.05) is 18.1 Å². The van der Waals surface area contributed by atoms with E-state index in [4.69, 9.17) is 5.73 Å². The van der Waals surface area contributed by atoms with E-state index in [-0.39, 0.29) is 5.54 Å². The third-order valence-electron chi connectivity index (χ3n) is 6.59. The third kappa shape index (κ3) is 1.76. The van der Waals surface area contributed by atoms with Crippen LogP contribution >= 0.6 is 0 Å². The summed E-state index contributed by atoms with van der Waals surface area (Å²) in [6, 6.07) is 0.793. The van der Waals surface area contributed by atoms with Crippen molar-refractivity contribution >= 4 is 0 Å². The van der Waals surface area contributed by atoms with Crippen molar-refractivity contribution in [3.8, 4) is 0 Å². The summed E-state index contributed by atoms with van der Waals surface area (Å²) >= 11 is 0. The second kappa shape index (κ2) is 3.73. The number of nitrogens with two attached hydrogens (primary N) is 1. The van der Waals surface area contributed by atoms with Crippen LogP contribution in [0.1, 0.15) is 58.3 Å². The first kappa shape index (κ1) is 11.7. The van der Waals surface area contributed by atoms with Crippen LogP contribution in [0.25, 0.3) is 0 Å². The fourth-order valence-electron chi connectivity index (χ4n) is 5.64. The fraction of sp³-hybridized carbons (Fsp3) is 1.00. The molecular weight excluding hydrogens is 220 g/mol. The summed E-state index contributed by atoms with van der Waals surface area (Å²) in [7, 11) is 0. The van der Waals surface area contributed by atoms with Gasteiger partial charge in [0.2, 0.25) is 0 Å². The molecule has 0 heterocycles. The first-order valence-electron chi connectivity index (χ1n) is 8.09. The average molecular weight is 248 g/mol. The Labute approximate surface area is 111 Å². The fourth-order valence-corrected chi connectivity index (χ4v) is 5.64. The van der Waals surface area contributed by atoms with Crippen molar-refractivity contribution in [3.05, 3.63) is 0 Å². The monoisotopic (exact) mass is 248 g/mol. The van der Waals surface area contributed by atoms with Gasteiger partial charge in [0.05, 0.1) is 0 Å². The molecule has 3 N–H and O–H groups in total. The molecular formula is C16H28N2. The van der Waals surface area contributed by atoms with Gasteiger partial charge in [-0.1, -0.05) is 0 Å². The van der Waals surface area contributed by atoms with Gasteiger partial charge in [-0.25, -0.2) is 0 Å². The zero-order valence-corrected chi connectivity index (χ0v) is 11.8.